The lowest BCUT2D eigenvalue weighted by Gasteiger charge is -2.25. The summed E-state index contributed by atoms with van der Waals surface area (Å²) in [5.74, 6) is 0.345. The predicted molar refractivity (Wildman–Crippen MR) is 95.4 cm³/mol. The first kappa shape index (κ1) is 15.6. The summed E-state index contributed by atoms with van der Waals surface area (Å²) in [4.78, 5) is 31.2. The summed E-state index contributed by atoms with van der Waals surface area (Å²) in [6, 6.07) is 10.5. The normalized spacial score (nSPS) is 18.8. The molecular weight excluding hydrogens is 316 g/mol. The molecule has 2 N–H and O–H groups in total. The van der Waals surface area contributed by atoms with Crippen molar-refractivity contribution in [1.29, 1.82) is 0 Å². The quantitative estimate of drug-likeness (QED) is 0.841. The van der Waals surface area contributed by atoms with Gasteiger partial charge in [-0.25, -0.2) is 9.78 Å². The summed E-state index contributed by atoms with van der Waals surface area (Å²) in [7, 11) is 0. The van der Waals surface area contributed by atoms with Gasteiger partial charge in [0.1, 0.15) is 11.9 Å². The number of nitrogens with zero attached hydrogens (tertiary/aromatic N) is 2. The van der Waals surface area contributed by atoms with E-state index in [0.29, 0.717) is 12.4 Å². The summed E-state index contributed by atoms with van der Waals surface area (Å²) in [6.07, 6.45) is 3.12. The summed E-state index contributed by atoms with van der Waals surface area (Å²) in [6.45, 7) is 2.10. The fourth-order valence-corrected chi connectivity index (χ4v) is 3.40. The van der Waals surface area contributed by atoms with Gasteiger partial charge >= 0.3 is 6.03 Å². The van der Waals surface area contributed by atoms with Gasteiger partial charge in [-0.05, 0) is 49.4 Å². The number of para-hydroxylation sites is 1. The fraction of sp³-hybridized carbons (Fsp3) is 0.316. The molecule has 6 nitrogen and oxygen atoms in total. The zero-order valence-electron chi connectivity index (χ0n) is 14.1. The Bertz CT molecular complexity index is 849. The van der Waals surface area contributed by atoms with Gasteiger partial charge in [-0.1, -0.05) is 24.3 Å². The van der Waals surface area contributed by atoms with Crippen molar-refractivity contribution in [1.82, 2.24) is 9.88 Å². The second-order valence-corrected chi connectivity index (χ2v) is 6.54. The Balaban J connectivity index is 1.57. The SMILES string of the molecule is CC1C(=O)Nc2ccccc2CN1C(=O)Nc1ccc2c(n1)CCC2. The average molecular weight is 336 g/mol. The van der Waals surface area contributed by atoms with Crippen molar-refractivity contribution in [2.45, 2.75) is 38.8 Å². The number of aromatic nitrogens is 1. The molecule has 4 rings (SSSR count). The molecule has 0 fully saturated rings. The van der Waals surface area contributed by atoms with Crippen LogP contribution >= 0.6 is 0 Å². The van der Waals surface area contributed by atoms with Gasteiger partial charge in [-0.3, -0.25) is 10.1 Å². The van der Waals surface area contributed by atoms with Gasteiger partial charge in [0.15, 0.2) is 0 Å². The van der Waals surface area contributed by atoms with E-state index in [0.717, 1.165) is 36.2 Å². The number of hydrogen-bond donors (Lipinski definition) is 2. The van der Waals surface area contributed by atoms with Crippen LogP contribution in [0, 0.1) is 0 Å². The van der Waals surface area contributed by atoms with Crippen molar-refractivity contribution in [3.63, 3.8) is 0 Å². The van der Waals surface area contributed by atoms with Crippen LogP contribution in [0.15, 0.2) is 36.4 Å². The molecule has 1 unspecified atom stereocenters. The second-order valence-electron chi connectivity index (χ2n) is 6.54. The van der Waals surface area contributed by atoms with Crippen LogP contribution in [0.3, 0.4) is 0 Å². The number of urea groups is 1. The molecule has 128 valence electrons. The van der Waals surface area contributed by atoms with Gasteiger partial charge in [-0.15, -0.1) is 0 Å². The number of pyridine rings is 1. The molecule has 1 aromatic heterocycles. The maximum absolute atomic E-state index is 12.8. The van der Waals surface area contributed by atoms with Crippen molar-refractivity contribution in [2.75, 3.05) is 10.6 Å². The van der Waals surface area contributed by atoms with Gasteiger partial charge in [0.2, 0.25) is 5.91 Å². The van der Waals surface area contributed by atoms with Crippen molar-refractivity contribution < 1.29 is 9.59 Å². The summed E-state index contributed by atoms with van der Waals surface area (Å²) < 4.78 is 0. The number of nitrogens with one attached hydrogen (secondary N) is 2. The van der Waals surface area contributed by atoms with Gasteiger partial charge in [0.05, 0.1) is 6.54 Å². The number of hydrogen-bond acceptors (Lipinski definition) is 3. The van der Waals surface area contributed by atoms with Crippen LogP contribution < -0.4 is 10.6 Å². The van der Waals surface area contributed by atoms with Crippen LogP contribution in [-0.2, 0) is 24.2 Å². The number of amides is 3. The number of fused-ring (bicyclic) bond motifs is 2. The highest BCUT2D eigenvalue weighted by Gasteiger charge is 2.30. The van der Waals surface area contributed by atoms with Crippen LogP contribution in [0.25, 0.3) is 0 Å². The van der Waals surface area contributed by atoms with Crippen molar-refractivity contribution >= 4 is 23.4 Å². The van der Waals surface area contributed by atoms with E-state index in [-0.39, 0.29) is 11.9 Å². The molecule has 25 heavy (non-hydrogen) atoms. The van der Waals surface area contributed by atoms with E-state index < -0.39 is 6.04 Å². The molecule has 3 amide bonds. The lowest BCUT2D eigenvalue weighted by molar-refractivity contribution is -0.119. The fourth-order valence-electron chi connectivity index (χ4n) is 3.40. The number of rotatable bonds is 1. The number of benzene rings is 1. The second kappa shape index (κ2) is 6.20. The van der Waals surface area contributed by atoms with E-state index in [2.05, 4.69) is 15.6 Å². The summed E-state index contributed by atoms with van der Waals surface area (Å²) in [5, 5.41) is 5.73. The zero-order chi connectivity index (χ0) is 17.4. The minimum absolute atomic E-state index is 0.193. The first-order chi connectivity index (χ1) is 12.1. The third-order valence-corrected chi connectivity index (χ3v) is 4.89. The molecular formula is C19H20N4O2. The Labute approximate surface area is 146 Å². The molecule has 1 aliphatic heterocycles. The maximum Gasteiger partial charge on any atom is 0.323 e. The lowest BCUT2D eigenvalue weighted by atomic mass is 10.1. The highest BCUT2D eigenvalue weighted by molar-refractivity contribution is 6.00. The highest BCUT2D eigenvalue weighted by Crippen LogP contribution is 2.25. The van der Waals surface area contributed by atoms with Crippen LogP contribution in [0.5, 0.6) is 0 Å². The van der Waals surface area contributed by atoms with Crippen LogP contribution in [0.1, 0.15) is 30.2 Å². The van der Waals surface area contributed by atoms with Crippen molar-refractivity contribution in [2.24, 2.45) is 0 Å². The minimum Gasteiger partial charge on any atom is -0.324 e. The van der Waals surface area contributed by atoms with Gasteiger partial charge in [0.25, 0.3) is 0 Å². The lowest BCUT2D eigenvalue weighted by Crippen LogP contribution is -2.45. The number of carbonyl (C=O) groups is 2. The highest BCUT2D eigenvalue weighted by atomic mass is 16.2. The standard InChI is InChI=1S/C19H20N4O2/c1-12-18(24)21-16-7-3-2-5-14(16)11-23(12)19(25)22-17-10-9-13-6-4-8-15(13)20-17/h2-3,5,7,9-10,12H,4,6,8,11H2,1H3,(H,21,24)(H,20,22,25). The first-order valence-electron chi connectivity index (χ1n) is 8.57. The van der Waals surface area contributed by atoms with E-state index in [1.165, 1.54) is 10.5 Å². The molecule has 2 aliphatic rings. The molecule has 2 aromatic rings. The number of aryl methyl sites for hydroxylation is 2. The molecule has 1 aliphatic carbocycles. The number of carbonyl (C=O) groups excluding carboxylic acids is 2. The minimum atomic E-state index is -0.568. The third-order valence-electron chi connectivity index (χ3n) is 4.89. The molecule has 0 spiro atoms. The Morgan fingerprint density at radius 2 is 2.04 bits per heavy atom. The van der Waals surface area contributed by atoms with E-state index in [4.69, 9.17) is 0 Å². The Hall–Kier alpha value is -2.89. The topological polar surface area (TPSA) is 74.3 Å². The largest absolute Gasteiger partial charge is 0.324 e. The molecule has 0 saturated heterocycles. The summed E-state index contributed by atoms with van der Waals surface area (Å²) >= 11 is 0. The molecule has 2 heterocycles. The molecule has 0 bridgehead atoms. The smallest absolute Gasteiger partial charge is 0.323 e. The molecule has 1 aromatic carbocycles. The van der Waals surface area contributed by atoms with Crippen molar-refractivity contribution in [3.05, 3.63) is 53.2 Å². The third kappa shape index (κ3) is 2.95. The Kier molecular flexibility index (Phi) is 3.87. The van der Waals surface area contributed by atoms with Crippen LogP contribution in [0.2, 0.25) is 0 Å². The van der Waals surface area contributed by atoms with E-state index >= 15 is 0 Å². The molecule has 1 atom stereocenters. The average Bonchev–Trinajstić information content (AvgIpc) is 3.03. The van der Waals surface area contributed by atoms with Gasteiger partial charge in [0, 0.05) is 11.4 Å². The molecule has 6 heteroatoms. The number of anilines is 2. The van der Waals surface area contributed by atoms with E-state index in [1.807, 2.05) is 36.4 Å². The Morgan fingerprint density at radius 1 is 1.20 bits per heavy atom. The molecule has 0 radical (unpaired) electrons. The maximum atomic E-state index is 12.8. The van der Waals surface area contributed by atoms with Crippen LogP contribution in [-0.4, -0.2) is 27.9 Å². The predicted octanol–water partition coefficient (Wildman–Crippen LogP) is 2.95. The van der Waals surface area contributed by atoms with Gasteiger partial charge in [-0.2, -0.15) is 0 Å². The van der Waals surface area contributed by atoms with E-state index in [9.17, 15) is 9.59 Å². The van der Waals surface area contributed by atoms with Crippen LogP contribution in [0.4, 0.5) is 16.3 Å². The Morgan fingerprint density at radius 3 is 2.92 bits per heavy atom. The monoisotopic (exact) mass is 336 g/mol. The van der Waals surface area contributed by atoms with E-state index in [1.54, 1.807) is 6.92 Å². The van der Waals surface area contributed by atoms with Crippen molar-refractivity contribution in [3.8, 4) is 0 Å². The molecule has 0 saturated carbocycles. The first-order valence-corrected chi connectivity index (χ1v) is 8.57. The van der Waals surface area contributed by atoms with Gasteiger partial charge < -0.3 is 10.2 Å². The zero-order valence-corrected chi connectivity index (χ0v) is 14.1. The summed E-state index contributed by atoms with van der Waals surface area (Å²) in [5.41, 5.74) is 3.99.